The van der Waals surface area contributed by atoms with Crippen LogP contribution in [0.25, 0.3) is 0 Å². The monoisotopic (exact) mass is 528 g/mol. The standard InChI is InChI=1S/C22H32N4O3.HI/c1-5-23-21(26-15-20(28)24-13-18-7-6-12-29-18)25-14-19(27)16-8-10-17(11-9-16)22(2,3)4;/h6-12,19,27H,5,13-15H2,1-4H3,(H,24,28)(H2,23,25,26);1H. The third-order valence-corrected chi connectivity index (χ3v) is 4.39. The first kappa shape index (κ1) is 26.0. The van der Waals surface area contributed by atoms with Crippen molar-refractivity contribution in [2.45, 2.75) is 45.8 Å². The fraction of sp³-hybridized carbons (Fsp3) is 0.455. The predicted octanol–water partition coefficient (Wildman–Crippen LogP) is 3.10. The number of nitrogens with one attached hydrogen (secondary N) is 3. The SMILES string of the molecule is CCNC(=NCC(=O)NCc1ccco1)NCC(O)c1ccc(C(C)(C)C)cc1.I. The van der Waals surface area contributed by atoms with Crippen molar-refractivity contribution in [1.82, 2.24) is 16.0 Å². The van der Waals surface area contributed by atoms with Crippen molar-refractivity contribution >= 4 is 35.8 Å². The van der Waals surface area contributed by atoms with E-state index in [1.54, 1.807) is 18.4 Å². The van der Waals surface area contributed by atoms with Crippen LogP contribution in [0.4, 0.5) is 0 Å². The molecule has 1 unspecified atom stereocenters. The third-order valence-electron chi connectivity index (χ3n) is 4.39. The number of aliphatic hydroxyl groups excluding tert-OH is 1. The Bertz CT molecular complexity index is 784. The lowest BCUT2D eigenvalue weighted by atomic mass is 9.86. The second-order valence-electron chi connectivity index (χ2n) is 7.82. The van der Waals surface area contributed by atoms with Gasteiger partial charge in [-0.05, 0) is 35.6 Å². The Balaban J connectivity index is 0.00000450. The molecule has 0 spiro atoms. The third kappa shape index (κ3) is 8.74. The number of amides is 1. The molecule has 0 fully saturated rings. The number of hydrogen-bond donors (Lipinski definition) is 4. The average molecular weight is 528 g/mol. The van der Waals surface area contributed by atoms with E-state index in [1.165, 1.54) is 5.56 Å². The highest BCUT2D eigenvalue weighted by Crippen LogP contribution is 2.23. The largest absolute Gasteiger partial charge is 0.467 e. The normalized spacial score (nSPS) is 12.6. The molecule has 8 heteroatoms. The van der Waals surface area contributed by atoms with E-state index in [-0.39, 0.29) is 48.4 Å². The van der Waals surface area contributed by atoms with E-state index in [0.29, 0.717) is 24.8 Å². The van der Waals surface area contributed by atoms with Crippen LogP contribution < -0.4 is 16.0 Å². The molecule has 2 rings (SSSR count). The first-order chi connectivity index (χ1) is 13.8. The van der Waals surface area contributed by atoms with Gasteiger partial charge < -0.3 is 25.5 Å². The summed E-state index contributed by atoms with van der Waals surface area (Å²) in [5, 5.41) is 19.4. The number of hydrogen-bond acceptors (Lipinski definition) is 4. The lowest BCUT2D eigenvalue weighted by Gasteiger charge is -2.20. The molecule has 1 heterocycles. The second kappa shape index (κ2) is 12.6. The first-order valence-corrected chi connectivity index (χ1v) is 9.89. The molecular formula is C22H33IN4O3. The molecule has 0 saturated carbocycles. The minimum absolute atomic E-state index is 0. The molecule has 0 aliphatic carbocycles. The summed E-state index contributed by atoms with van der Waals surface area (Å²) in [6, 6.07) is 11.5. The van der Waals surface area contributed by atoms with Gasteiger partial charge in [-0.15, -0.1) is 24.0 Å². The number of rotatable bonds is 8. The molecule has 166 valence electrons. The van der Waals surface area contributed by atoms with Gasteiger partial charge >= 0.3 is 0 Å². The molecular weight excluding hydrogens is 495 g/mol. The predicted molar refractivity (Wildman–Crippen MR) is 130 cm³/mol. The fourth-order valence-corrected chi connectivity index (χ4v) is 2.66. The van der Waals surface area contributed by atoms with Gasteiger partial charge in [0.1, 0.15) is 12.3 Å². The van der Waals surface area contributed by atoms with Gasteiger partial charge in [-0.3, -0.25) is 4.79 Å². The van der Waals surface area contributed by atoms with Crippen molar-refractivity contribution in [3.05, 3.63) is 59.5 Å². The molecule has 2 aromatic rings. The van der Waals surface area contributed by atoms with Gasteiger partial charge in [-0.2, -0.15) is 0 Å². The van der Waals surface area contributed by atoms with Crippen molar-refractivity contribution in [2.24, 2.45) is 4.99 Å². The molecule has 1 aromatic heterocycles. The molecule has 0 radical (unpaired) electrons. The number of aliphatic imine (C=N–C) groups is 1. The molecule has 1 amide bonds. The molecule has 0 aliphatic heterocycles. The first-order valence-electron chi connectivity index (χ1n) is 9.89. The summed E-state index contributed by atoms with van der Waals surface area (Å²) in [6.07, 6.45) is 0.884. The summed E-state index contributed by atoms with van der Waals surface area (Å²) < 4.78 is 5.18. The van der Waals surface area contributed by atoms with Crippen molar-refractivity contribution in [3.63, 3.8) is 0 Å². The Morgan fingerprint density at radius 3 is 2.40 bits per heavy atom. The summed E-state index contributed by atoms with van der Waals surface area (Å²) >= 11 is 0. The average Bonchev–Trinajstić information content (AvgIpc) is 3.21. The van der Waals surface area contributed by atoms with E-state index < -0.39 is 6.10 Å². The zero-order valence-electron chi connectivity index (χ0n) is 18.1. The Hall–Kier alpha value is -2.07. The number of halogens is 1. The summed E-state index contributed by atoms with van der Waals surface area (Å²) in [5.41, 5.74) is 2.12. The van der Waals surface area contributed by atoms with Crippen LogP contribution in [0.5, 0.6) is 0 Å². The molecule has 0 saturated heterocycles. The van der Waals surface area contributed by atoms with Crippen LogP contribution in [0.3, 0.4) is 0 Å². The number of nitrogens with zero attached hydrogens (tertiary/aromatic N) is 1. The Morgan fingerprint density at radius 1 is 1.13 bits per heavy atom. The Morgan fingerprint density at radius 2 is 1.83 bits per heavy atom. The maximum atomic E-state index is 12.0. The maximum absolute atomic E-state index is 12.0. The Labute approximate surface area is 195 Å². The molecule has 0 aliphatic rings. The van der Waals surface area contributed by atoms with E-state index in [4.69, 9.17) is 4.42 Å². The van der Waals surface area contributed by atoms with Crippen molar-refractivity contribution < 1.29 is 14.3 Å². The maximum Gasteiger partial charge on any atom is 0.242 e. The van der Waals surface area contributed by atoms with E-state index in [0.717, 1.165) is 5.56 Å². The van der Waals surface area contributed by atoms with Gasteiger partial charge in [-0.25, -0.2) is 4.99 Å². The van der Waals surface area contributed by atoms with Gasteiger partial charge in [0.2, 0.25) is 5.91 Å². The number of benzene rings is 1. The molecule has 30 heavy (non-hydrogen) atoms. The van der Waals surface area contributed by atoms with E-state index in [1.807, 2.05) is 31.2 Å². The number of furan rings is 1. The van der Waals surface area contributed by atoms with Crippen molar-refractivity contribution in [1.29, 1.82) is 0 Å². The van der Waals surface area contributed by atoms with Crippen LogP contribution in [-0.4, -0.2) is 36.6 Å². The summed E-state index contributed by atoms with van der Waals surface area (Å²) in [4.78, 5) is 16.2. The highest BCUT2D eigenvalue weighted by atomic mass is 127. The lowest BCUT2D eigenvalue weighted by molar-refractivity contribution is -0.119. The summed E-state index contributed by atoms with van der Waals surface area (Å²) in [5.74, 6) is 0.955. The van der Waals surface area contributed by atoms with Gasteiger partial charge in [0, 0.05) is 13.1 Å². The van der Waals surface area contributed by atoms with Crippen LogP contribution in [0.2, 0.25) is 0 Å². The zero-order chi connectivity index (χ0) is 21.3. The number of aliphatic hydroxyl groups is 1. The smallest absolute Gasteiger partial charge is 0.242 e. The van der Waals surface area contributed by atoms with Gasteiger partial charge in [-0.1, -0.05) is 45.0 Å². The summed E-state index contributed by atoms with van der Waals surface area (Å²) in [6.45, 7) is 9.65. The minimum atomic E-state index is -0.680. The second-order valence-corrected chi connectivity index (χ2v) is 7.82. The van der Waals surface area contributed by atoms with E-state index in [9.17, 15) is 9.90 Å². The van der Waals surface area contributed by atoms with Crippen LogP contribution in [0, 0.1) is 0 Å². The molecule has 0 bridgehead atoms. The van der Waals surface area contributed by atoms with Gasteiger partial charge in [0.25, 0.3) is 0 Å². The zero-order valence-corrected chi connectivity index (χ0v) is 20.4. The quantitative estimate of drug-likeness (QED) is 0.240. The van der Waals surface area contributed by atoms with Crippen LogP contribution in [-0.2, 0) is 16.8 Å². The number of carbonyl (C=O) groups is 1. The van der Waals surface area contributed by atoms with E-state index >= 15 is 0 Å². The molecule has 4 N–H and O–H groups in total. The highest BCUT2D eigenvalue weighted by molar-refractivity contribution is 14.0. The van der Waals surface area contributed by atoms with Crippen molar-refractivity contribution in [2.75, 3.05) is 19.6 Å². The van der Waals surface area contributed by atoms with Gasteiger partial charge in [0.15, 0.2) is 5.96 Å². The Kier molecular flexibility index (Phi) is 10.9. The number of guanidine groups is 1. The summed E-state index contributed by atoms with van der Waals surface area (Å²) in [7, 11) is 0. The van der Waals surface area contributed by atoms with Crippen LogP contribution in [0.15, 0.2) is 52.1 Å². The molecule has 1 atom stereocenters. The van der Waals surface area contributed by atoms with Gasteiger partial charge in [0.05, 0.1) is 18.9 Å². The fourth-order valence-electron chi connectivity index (χ4n) is 2.66. The lowest BCUT2D eigenvalue weighted by Crippen LogP contribution is -2.40. The topological polar surface area (TPSA) is 98.9 Å². The van der Waals surface area contributed by atoms with Crippen LogP contribution >= 0.6 is 24.0 Å². The molecule has 7 nitrogen and oxygen atoms in total. The minimum Gasteiger partial charge on any atom is -0.467 e. The highest BCUT2D eigenvalue weighted by Gasteiger charge is 2.15. The van der Waals surface area contributed by atoms with E-state index in [2.05, 4.69) is 41.7 Å². The van der Waals surface area contributed by atoms with Crippen molar-refractivity contribution in [3.8, 4) is 0 Å². The molecule has 1 aromatic carbocycles. The number of carbonyl (C=O) groups excluding carboxylic acids is 1. The van der Waals surface area contributed by atoms with Crippen LogP contribution in [0.1, 0.15) is 50.7 Å².